The van der Waals surface area contributed by atoms with Gasteiger partial charge >= 0.3 is 0 Å². The summed E-state index contributed by atoms with van der Waals surface area (Å²) >= 11 is 0. The van der Waals surface area contributed by atoms with Gasteiger partial charge in [0.1, 0.15) is 0 Å². The van der Waals surface area contributed by atoms with Crippen molar-refractivity contribution in [1.29, 1.82) is 0 Å². The molecule has 0 heterocycles. The molecule has 0 amide bonds. The maximum Gasteiger partial charge on any atom is 0.0224 e. The molecular weight excluding hydrogens is 172 g/mol. The fraction of sp³-hybridized carbons (Fsp3) is 0.667. The van der Waals surface area contributed by atoms with Crippen LogP contribution in [-0.4, -0.2) is 25.2 Å². The van der Waals surface area contributed by atoms with Gasteiger partial charge in [-0.2, -0.15) is 0 Å². The number of nitrogens with one attached hydrogen (secondary N) is 2. The van der Waals surface area contributed by atoms with Gasteiger partial charge < -0.3 is 10.6 Å². The summed E-state index contributed by atoms with van der Waals surface area (Å²) in [5, 5.41) is 7.03. The topological polar surface area (TPSA) is 24.1 Å². The molecular formula is C12H22N2. The molecule has 0 aliphatic heterocycles. The molecule has 1 saturated carbocycles. The minimum absolute atomic E-state index is 0.613. The van der Waals surface area contributed by atoms with Crippen molar-refractivity contribution in [3.63, 3.8) is 0 Å². The Morgan fingerprint density at radius 1 is 0.929 bits per heavy atom. The molecule has 1 rings (SSSR count). The highest BCUT2D eigenvalue weighted by Gasteiger charge is 2.22. The standard InChI is InChI=1S/C12H22N2/c1-3-9-13-11-7-5-6-8-12(11)14-10-4-2/h3-4,11-14H,1-2,5-10H2/t11-,12-/m1/s1. The SMILES string of the molecule is C=CCN[C@@H]1CCCC[C@H]1NCC=C. The fourth-order valence-corrected chi connectivity index (χ4v) is 2.09. The molecule has 2 heteroatoms. The third kappa shape index (κ3) is 3.64. The van der Waals surface area contributed by atoms with Crippen molar-refractivity contribution in [3.05, 3.63) is 25.3 Å². The van der Waals surface area contributed by atoms with Crippen LogP contribution in [0.5, 0.6) is 0 Å². The highest BCUT2D eigenvalue weighted by atomic mass is 15.0. The second-order valence-electron chi connectivity index (χ2n) is 3.89. The predicted molar refractivity (Wildman–Crippen MR) is 62.4 cm³/mol. The van der Waals surface area contributed by atoms with Gasteiger partial charge in [0.15, 0.2) is 0 Å². The highest BCUT2D eigenvalue weighted by Crippen LogP contribution is 2.18. The van der Waals surface area contributed by atoms with Crippen LogP contribution in [0.1, 0.15) is 25.7 Å². The molecule has 2 nitrogen and oxygen atoms in total. The van der Waals surface area contributed by atoms with E-state index in [2.05, 4.69) is 23.8 Å². The van der Waals surface area contributed by atoms with Crippen molar-refractivity contribution in [2.24, 2.45) is 0 Å². The van der Waals surface area contributed by atoms with Gasteiger partial charge in [0.25, 0.3) is 0 Å². The van der Waals surface area contributed by atoms with E-state index in [4.69, 9.17) is 0 Å². The van der Waals surface area contributed by atoms with Gasteiger partial charge in [-0.3, -0.25) is 0 Å². The predicted octanol–water partition coefficient (Wildman–Crippen LogP) is 1.85. The summed E-state index contributed by atoms with van der Waals surface area (Å²) in [4.78, 5) is 0. The van der Waals surface area contributed by atoms with E-state index < -0.39 is 0 Å². The summed E-state index contributed by atoms with van der Waals surface area (Å²) in [7, 11) is 0. The lowest BCUT2D eigenvalue weighted by atomic mass is 9.90. The first-order valence-corrected chi connectivity index (χ1v) is 5.57. The lowest BCUT2D eigenvalue weighted by Gasteiger charge is -2.32. The van der Waals surface area contributed by atoms with Gasteiger partial charge in [-0.05, 0) is 12.8 Å². The van der Waals surface area contributed by atoms with Crippen molar-refractivity contribution in [1.82, 2.24) is 10.6 Å². The van der Waals surface area contributed by atoms with E-state index in [1.54, 1.807) is 0 Å². The molecule has 0 aromatic heterocycles. The first kappa shape index (κ1) is 11.5. The Balaban J connectivity index is 2.33. The molecule has 0 saturated heterocycles. The van der Waals surface area contributed by atoms with Gasteiger partial charge in [0.05, 0.1) is 0 Å². The number of rotatable bonds is 6. The average Bonchev–Trinajstić information content (AvgIpc) is 2.24. The third-order valence-corrected chi connectivity index (χ3v) is 2.81. The molecule has 0 aromatic carbocycles. The molecule has 1 aliphatic rings. The zero-order chi connectivity index (χ0) is 10.2. The summed E-state index contributed by atoms with van der Waals surface area (Å²) < 4.78 is 0. The largest absolute Gasteiger partial charge is 0.309 e. The second kappa shape index (κ2) is 6.80. The Labute approximate surface area is 87.5 Å². The molecule has 1 aliphatic carbocycles. The van der Waals surface area contributed by atoms with Crippen LogP contribution in [0.4, 0.5) is 0 Å². The third-order valence-electron chi connectivity index (χ3n) is 2.81. The fourth-order valence-electron chi connectivity index (χ4n) is 2.09. The first-order chi connectivity index (χ1) is 6.88. The van der Waals surface area contributed by atoms with E-state index in [0.717, 1.165) is 13.1 Å². The van der Waals surface area contributed by atoms with Crippen molar-refractivity contribution >= 4 is 0 Å². The number of hydrogen-bond donors (Lipinski definition) is 2. The summed E-state index contributed by atoms with van der Waals surface area (Å²) in [5.74, 6) is 0. The smallest absolute Gasteiger partial charge is 0.0224 e. The van der Waals surface area contributed by atoms with Crippen LogP contribution in [0, 0.1) is 0 Å². The van der Waals surface area contributed by atoms with Gasteiger partial charge in [-0.25, -0.2) is 0 Å². The summed E-state index contributed by atoms with van der Waals surface area (Å²) in [6, 6.07) is 1.23. The summed E-state index contributed by atoms with van der Waals surface area (Å²) in [6.45, 7) is 9.29. The first-order valence-electron chi connectivity index (χ1n) is 5.57. The maximum atomic E-state index is 3.73. The lowest BCUT2D eigenvalue weighted by molar-refractivity contribution is 0.297. The zero-order valence-electron chi connectivity index (χ0n) is 8.97. The molecule has 2 N–H and O–H groups in total. The lowest BCUT2D eigenvalue weighted by Crippen LogP contribution is -2.49. The molecule has 0 aromatic rings. The van der Waals surface area contributed by atoms with E-state index in [-0.39, 0.29) is 0 Å². The van der Waals surface area contributed by atoms with Gasteiger partial charge in [0, 0.05) is 25.2 Å². The van der Waals surface area contributed by atoms with Crippen LogP contribution in [0.3, 0.4) is 0 Å². The van der Waals surface area contributed by atoms with E-state index in [0.29, 0.717) is 12.1 Å². The van der Waals surface area contributed by atoms with Crippen molar-refractivity contribution in [2.45, 2.75) is 37.8 Å². The van der Waals surface area contributed by atoms with Gasteiger partial charge in [0.2, 0.25) is 0 Å². The summed E-state index contributed by atoms with van der Waals surface area (Å²) in [6.07, 6.45) is 9.12. The second-order valence-corrected chi connectivity index (χ2v) is 3.89. The zero-order valence-corrected chi connectivity index (χ0v) is 8.97. The van der Waals surface area contributed by atoms with Crippen LogP contribution in [0.25, 0.3) is 0 Å². The van der Waals surface area contributed by atoms with Crippen LogP contribution >= 0.6 is 0 Å². The van der Waals surface area contributed by atoms with Crippen LogP contribution in [0.15, 0.2) is 25.3 Å². The van der Waals surface area contributed by atoms with E-state index in [9.17, 15) is 0 Å². The summed E-state index contributed by atoms with van der Waals surface area (Å²) in [5.41, 5.74) is 0. The average molecular weight is 194 g/mol. The normalized spacial score (nSPS) is 27.1. The molecule has 80 valence electrons. The van der Waals surface area contributed by atoms with Crippen LogP contribution in [0.2, 0.25) is 0 Å². The minimum atomic E-state index is 0.613. The molecule has 14 heavy (non-hydrogen) atoms. The van der Waals surface area contributed by atoms with Crippen molar-refractivity contribution in [2.75, 3.05) is 13.1 Å². The molecule has 0 radical (unpaired) electrons. The molecule has 1 fully saturated rings. The maximum absolute atomic E-state index is 3.73. The number of hydrogen-bond acceptors (Lipinski definition) is 2. The van der Waals surface area contributed by atoms with E-state index in [1.807, 2.05) is 12.2 Å². The Bertz CT molecular complexity index is 157. The Morgan fingerprint density at radius 3 is 1.71 bits per heavy atom. The van der Waals surface area contributed by atoms with Gasteiger partial charge in [-0.1, -0.05) is 25.0 Å². The van der Waals surface area contributed by atoms with E-state index >= 15 is 0 Å². The molecule has 0 unspecified atom stereocenters. The quantitative estimate of drug-likeness (QED) is 0.631. The van der Waals surface area contributed by atoms with Crippen molar-refractivity contribution in [3.8, 4) is 0 Å². The molecule has 0 bridgehead atoms. The Kier molecular flexibility index (Phi) is 5.57. The van der Waals surface area contributed by atoms with Crippen LogP contribution in [-0.2, 0) is 0 Å². The molecule has 0 spiro atoms. The highest BCUT2D eigenvalue weighted by molar-refractivity contribution is 4.89. The van der Waals surface area contributed by atoms with E-state index in [1.165, 1.54) is 25.7 Å². The minimum Gasteiger partial charge on any atom is -0.309 e. The van der Waals surface area contributed by atoms with Crippen LogP contribution < -0.4 is 10.6 Å². The van der Waals surface area contributed by atoms with Crippen molar-refractivity contribution < 1.29 is 0 Å². The Hall–Kier alpha value is -0.600. The Morgan fingerprint density at radius 2 is 1.36 bits per heavy atom. The van der Waals surface area contributed by atoms with Gasteiger partial charge in [-0.15, -0.1) is 13.2 Å². The molecule has 2 atom stereocenters. The monoisotopic (exact) mass is 194 g/mol.